The second-order valence-corrected chi connectivity index (χ2v) is 3.41. The van der Waals surface area contributed by atoms with E-state index in [0.717, 1.165) is 5.56 Å². The van der Waals surface area contributed by atoms with Gasteiger partial charge in [-0.25, -0.2) is 4.79 Å². The summed E-state index contributed by atoms with van der Waals surface area (Å²) in [4.78, 5) is 21.1. The normalized spacial score (nSPS) is 11.6. The summed E-state index contributed by atoms with van der Waals surface area (Å²) in [5.74, 6) is 0. The molecule has 0 aliphatic rings. The predicted octanol–water partition coefficient (Wildman–Crippen LogP) is 0.773. The summed E-state index contributed by atoms with van der Waals surface area (Å²) in [5, 5.41) is 11.3. The molecule has 0 aliphatic heterocycles. The molecule has 1 aromatic carbocycles. The molecule has 0 saturated carbocycles. The number of hydrogen-bond acceptors (Lipinski definition) is 4. The third-order valence-corrected chi connectivity index (χ3v) is 2.04. The number of alkyl carbamates (subject to hydrolysis) is 1. The van der Waals surface area contributed by atoms with Crippen LogP contribution in [0, 0.1) is 0 Å². The molecule has 5 nitrogen and oxygen atoms in total. The minimum atomic E-state index is -1.16. The highest BCUT2D eigenvalue weighted by atomic mass is 16.5. The molecule has 1 atom stereocenters. The van der Waals surface area contributed by atoms with Crippen LogP contribution in [0.2, 0.25) is 0 Å². The Morgan fingerprint density at radius 2 is 2.12 bits per heavy atom. The molecule has 5 heteroatoms. The van der Waals surface area contributed by atoms with Crippen molar-refractivity contribution in [3.8, 4) is 0 Å². The molecular formula is C12H14NO4. The van der Waals surface area contributed by atoms with Crippen molar-refractivity contribution in [3.05, 3.63) is 35.9 Å². The Labute approximate surface area is 99.4 Å². The summed E-state index contributed by atoms with van der Waals surface area (Å²) in [6.07, 6.45) is -0.201. The van der Waals surface area contributed by atoms with Crippen molar-refractivity contribution in [2.45, 2.75) is 19.1 Å². The van der Waals surface area contributed by atoms with Gasteiger partial charge in [0.1, 0.15) is 12.7 Å². The van der Waals surface area contributed by atoms with E-state index >= 15 is 0 Å². The van der Waals surface area contributed by atoms with Gasteiger partial charge in [0.15, 0.2) is 0 Å². The number of amides is 1. The van der Waals surface area contributed by atoms with Gasteiger partial charge in [0, 0.05) is 6.54 Å². The van der Waals surface area contributed by atoms with Crippen LogP contribution >= 0.6 is 0 Å². The lowest BCUT2D eigenvalue weighted by atomic mass is 10.2. The Morgan fingerprint density at radius 3 is 2.76 bits per heavy atom. The molecule has 0 unspecified atom stereocenters. The predicted molar refractivity (Wildman–Crippen MR) is 60.9 cm³/mol. The van der Waals surface area contributed by atoms with Gasteiger partial charge in [-0.05, 0) is 12.0 Å². The third-order valence-electron chi connectivity index (χ3n) is 2.04. The van der Waals surface area contributed by atoms with Gasteiger partial charge in [-0.1, -0.05) is 30.3 Å². The molecule has 2 N–H and O–H groups in total. The molecule has 91 valence electrons. The fraction of sp³-hybridized carbons (Fsp3) is 0.333. The average Bonchev–Trinajstić information content (AvgIpc) is 2.37. The summed E-state index contributed by atoms with van der Waals surface area (Å²) in [6.45, 7) is 0.360. The number of nitrogens with one attached hydrogen (secondary N) is 1. The summed E-state index contributed by atoms with van der Waals surface area (Å²) < 4.78 is 4.91. The molecule has 1 rings (SSSR count). The molecule has 0 saturated heterocycles. The Bertz CT molecular complexity index is 353. The fourth-order valence-electron chi connectivity index (χ4n) is 1.14. The monoisotopic (exact) mass is 236 g/mol. The van der Waals surface area contributed by atoms with Crippen molar-refractivity contribution in [1.82, 2.24) is 5.32 Å². The molecule has 0 bridgehead atoms. The van der Waals surface area contributed by atoms with Crippen molar-refractivity contribution in [2.24, 2.45) is 0 Å². The zero-order valence-electron chi connectivity index (χ0n) is 9.26. The van der Waals surface area contributed by atoms with Crippen LogP contribution in [0.4, 0.5) is 4.79 Å². The van der Waals surface area contributed by atoms with Crippen LogP contribution in [0.1, 0.15) is 12.0 Å². The zero-order valence-corrected chi connectivity index (χ0v) is 9.26. The number of hydrogen-bond donors (Lipinski definition) is 2. The van der Waals surface area contributed by atoms with Gasteiger partial charge in [0.25, 0.3) is 0 Å². The van der Waals surface area contributed by atoms with E-state index < -0.39 is 12.2 Å². The molecule has 1 aromatic rings. The van der Waals surface area contributed by atoms with Crippen LogP contribution in [0.25, 0.3) is 0 Å². The Hall–Kier alpha value is -1.88. The lowest BCUT2D eigenvalue weighted by molar-refractivity contribution is 0.137. The number of benzene rings is 1. The smallest absolute Gasteiger partial charge is 0.407 e. The zero-order chi connectivity index (χ0) is 12.5. The van der Waals surface area contributed by atoms with E-state index in [4.69, 9.17) is 9.84 Å². The van der Waals surface area contributed by atoms with E-state index in [-0.39, 0.29) is 19.6 Å². The van der Waals surface area contributed by atoms with Crippen molar-refractivity contribution in [3.63, 3.8) is 0 Å². The van der Waals surface area contributed by atoms with Gasteiger partial charge in [0.05, 0.1) is 0 Å². The first kappa shape index (κ1) is 13.2. The van der Waals surface area contributed by atoms with Crippen molar-refractivity contribution < 1.29 is 19.4 Å². The van der Waals surface area contributed by atoms with Crippen LogP contribution in [-0.2, 0) is 16.1 Å². The first-order chi connectivity index (χ1) is 8.22. The van der Waals surface area contributed by atoms with E-state index in [2.05, 4.69) is 5.32 Å². The van der Waals surface area contributed by atoms with E-state index in [9.17, 15) is 9.59 Å². The lowest BCUT2D eigenvalue weighted by Gasteiger charge is -2.07. The van der Waals surface area contributed by atoms with E-state index in [1.807, 2.05) is 30.3 Å². The van der Waals surface area contributed by atoms with Gasteiger partial charge in [0.2, 0.25) is 6.29 Å². The SMILES string of the molecule is O=[C][C@@H](O)CCNC(=O)OCc1ccccc1. The quantitative estimate of drug-likeness (QED) is 0.765. The number of carbonyl (C=O) groups excluding carboxylic acids is 2. The van der Waals surface area contributed by atoms with Crippen LogP contribution in [0.5, 0.6) is 0 Å². The third kappa shape index (κ3) is 5.67. The van der Waals surface area contributed by atoms with E-state index in [1.165, 1.54) is 6.29 Å². The molecule has 1 amide bonds. The van der Waals surface area contributed by atoms with Crippen molar-refractivity contribution in [2.75, 3.05) is 6.54 Å². The summed E-state index contributed by atoms with van der Waals surface area (Å²) in [7, 11) is 0. The maximum atomic E-state index is 11.2. The molecule has 0 aliphatic carbocycles. The van der Waals surface area contributed by atoms with E-state index in [0.29, 0.717) is 0 Å². The molecule has 0 aromatic heterocycles. The number of aliphatic hydroxyl groups excluding tert-OH is 1. The standard InChI is InChI=1S/C12H14NO4/c14-8-11(15)6-7-13-12(16)17-9-10-4-2-1-3-5-10/h1-5,11,15H,6-7,9H2,(H,13,16)/t11-/m0/s1. The second kappa shape index (κ2) is 7.40. The Morgan fingerprint density at radius 1 is 1.41 bits per heavy atom. The van der Waals surface area contributed by atoms with Gasteiger partial charge in [-0.15, -0.1) is 0 Å². The number of ether oxygens (including phenoxy) is 1. The molecular weight excluding hydrogens is 222 g/mol. The molecule has 17 heavy (non-hydrogen) atoms. The summed E-state index contributed by atoms with van der Waals surface area (Å²) in [5.41, 5.74) is 0.893. The average molecular weight is 236 g/mol. The van der Waals surface area contributed by atoms with Gasteiger partial charge < -0.3 is 15.2 Å². The van der Waals surface area contributed by atoms with Crippen LogP contribution in [0.15, 0.2) is 30.3 Å². The van der Waals surface area contributed by atoms with Crippen LogP contribution in [0.3, 0.4) is 0 Å². The highest BCUT2D eigenvalue weighted by molar-refractivity contribution is 5.67. The number of carbonyl (C=O) groups is 1. The lowest BCUT2D eigenvalue weighted by Crippen LogP contribution is -2.28. The van der Waals surface area contributed by atoms with Crippen LogP contribution in [-0.4, -0.2) is 30.1 Å². The first-order valence-corrected chi connectivity index (χ1v) is 5.22. The molecule has 0 spiro atoms. The second-order valence-electron chi connectivity index (χ2n) is 3.41. The first-order valence-electron chi connectivity index (χ1n) is 5.22. The Balaban J connectivity index is 2.15. The van der Waals surface area contributed by atoms with Crippen molar-refractivity contribution in [1.29, 1.82) is 0 Å². The van der Waals surface area contributed by atoms with Crippen molar-refractivity contribution >= 4 is 12.4 Å². The molecule has 1 radical (unpaired) electrons. The minimum Gasteiger partial charge on any atom is -0.445 e. The topological polar surface area (TPSA) is 75.6 Å². The van der Waals surface area contributed by atoms with Gasteiger partial charge in [-0.3, -0.25) is 4.79 Å². The minimum absolute atomic E-state index is 0.129. The summed E-state index contributed by atoms with van der Waals surface area (Å²) in [6, 6.07) is 9.28. The maximum absolute atomic E-state index is 11.2. The highest BCUT2D eigenvalue weighted by Gasteiger charge is 2.05. The molecule has 0 fully saturated rings. The number of aliphatic hydroxyl groups is 1. The van der Waals surface area contributed by atoms with E-state index in [1.54, 1.807) is 0 Å². The maximum Gasteiger partial charge on any atom is 0.407 e. The van der Waals surface area contributed by atoms with Crippen LogP contribution < -0.4 is 5.32 Å². The summed E-state index contributed by atoms with van der Waals surface area (Å²) >= 11 is 0. The molecule has 0 heterocycles. The van der Waals surface area contributed by atoms with Gasteiger partial charge >= 0.3 is 6.09 Å². The Kier molecular flexibility index (Phi) is 5.74. The fourth-order valence-corrected chi connectivity index (χ4v) is 1.14. The highest BCUT2D eigenvalue weighted by Crippen LogP contribution is 2.00. The number of rotatable bonds is 6. The van der Waals surface area contributed by atoms with Gasteiger partial charge in [-0.2, -0.15) is 0 Å². The largest absolute Gasteiger partial charge is 0.445 e.